The number of nitrogens with zero attached hydrogens (tertiary/aromatic N) is 2. The van der Waals surface area contributed by atoms with Crippen LogP contribution in [0.5, 0.6) is 0 Å². The van der Waals surface area contributed by atoms with Crippen LogP contribution in [0.1, 0.15) is 23.1 Å². The van der Waals surface area contributed by atoms with E-state index in [0.29, 0.717) is 0 Å². The zero-order valence-electron chi connectivity index (χ0n) is 19.9. The molecule has 0 fully saturated rings. The van der Waals surface area contributed by atoms with E-state index < -0.39 is 41.4 Å². The number of aliphatic carboxylic acids is 1. The second-order valence-corrected chi connectivity index (χ2v) is 7.93. The number of hydrogen-bond donors (Lipinski definition) is 2. The fraction of sp³-hybridized carbons (Fsp3) is 0.185. The summed E-state index contributed by atoms with van der Waals surface area (Å²) in [6.45, 7) is 0. The summed E-state index contributed by atoms with van der Waals surface area (Å²) in [5.41, 5.74) is 7.66. The molecule has 1 atom stereocenters. The maximum Gasteiger partial charge on any atom is 0.474 e. The number of amides is 1. The summed E-state index contributed by atoms with van der Waals surface area (Å²) < 4.78 is 0. The molecule has 0 aliphatic heterocycles. The van der Waals surface area contributed by atoms with Gasteiger partial charge in [0.05, 0.1) is 29.0 Å². The number of hydrogen-bond acceptors (Lipinski definition) is 7. The Balaban J connectivity index is 2.26. The van der Waals surface area contributed by atoms with Crippen molar-refractivity contribution in [1.29, 1.82) is 5.53 Å². The minimum atomic E-state index is -1.51. The second kappa shape index (κ2) is 11.8. The highest BCUT2D eigenvalue weighted by atomic mass is 16.7. The molecule has 3 rings (SSSR count). The highest BCUT2D eigenvalue weighted by molar-refractivity contribution is 6.64. The molecule has 0 radical (unpaired) electrons. The zero-order valence-corrected chi connectivity index (χ0v) is 19.9. The van der Waals surface area contributed by atoms with E-state index in [-0.39, 0.29) is 0 Å². The fourth-order valence-corrected chi connectivity index (χ4v) is 4.06. The van der Waals surface area contributed by atoms with Gasteiger partial charge in [0.1, 0.15) is 0 Å². The summed E-state index contributed by atoms with van der Waals surface area (Å²) in [5, 5.41) is 15.7. The molecule has 0 spiro atoms. The Bertz CT molecular complexity index is 1160. The lowest BCUT2D eigenvalue weighted by Gasteiger charge is -2.39. The van der Waals surface area contributed by atoms with Crippen LogP contribution in [0.4, 0.5) is 0 Å². The van der Waals surface area contributed by atoms with Crippen molar-refractivity contribution in [3.8, 4) is 0 Å². The number of carbonyl (C=O) groups is 3. The molecular formula is C27H26N4O5. The largest absolute Gasteiger partial charge is 0.550 e. The molecule has 0 saturated heterocycles. The van der Waals surface area contributed by atoms with E-state index in [9.17, 15) is 19.5 Å². The summed E-state index contributed by atoms with van der Waals surface area (Å²) >= 11 is 0. The molecule has 9 nitrogen and oxygen atoms in total. The number of benzene rings is 3. The van der Waals surface area contributed by atoms with Crippen molar-refractivity contribution in [2.45, 2.75) is 18.0 Å². The van der Waals surface area contributed by atoms with Crippen molar-refractivity contribution in [3.05, 3.63) is 108 Å². The Labute approximate surface area is 208 Å². The average molecular weight is 487 g/mol. The number of Topliss-reactive ketones (excluding diaryl/α,β-unsaturated/α-hetero) is 1. The first kappa shape index (κ1) is 26.2. The topological polar surface area (TPSA) is 137 Å². The minimum absolute atomic E-state index is 0.725. The molecule has 0 aliphatic rings. The van der Waals surface area contributed by atoms with Crippen molar-refractivity contribution in [2.24, 2.45) is 0 Å². The van der Waals surface area contributed by atoms with Crippen LogP contribution in [-0.2, 0) is 24.8 Å². The van der Waals surface area contributed by atoms with Gasteiger partial charge in [-0.15, -0.1) is 0 Å². The molecule has 1 unspecified atom stereocenters. The van der Waals surface area contributed by atoms with Crippen molar-refractivity contribution >= 4 is 23.4 Å². The molecule has 0 heterocycles. The third-order valence-corrected chi connectivity index (χ3v) is 5.81. The standard InChI is InChI=1S/C27H26N4O5/c1-31(36-2)26(35)24(30-28)25(34)22(18-23(32)33)29-27(19-12-6-3-7-13-19,20-14-8-4-9-15-20)21-16-10-5-11-17-21/h3-17,22,28-29H,18H2,1-2H3. The molecule has 0 bridgehead atoms. The third kappa shape index (κ3) is 5.45. The first-order chi connectivity index (χ1) is 17.3. The maximum absolute atomic E-state index is 13.5. The predicted molar refractivity (Wildman–Crippen MR) is 129 cm³/mol. The molecule has 3 aromatic rings. The number of rotatable bonds is 11. The van der Waals surface area contributed by atoms with Gasteiger partial charge in [0, 0.05) is 19.4 Å². The monoisotopic (exact) mass is 486 g/mol. The summed E-state index contributed by atoms with van der Waals surface area (Å²) in [6.07, 6.45) is -0.768. The summed E-state index contributed by atoms with van der Waals surface area (Å²) in [4.78, 5) is 45.9. The molecule has 36 heavy (non-hydrogen) atoms. The van der Waals surface area contributed by atoms with Gasteiger partial charge in [0.2, 0.25) is 0 Å². The quantitative estimate of drug-likeness (QED) is 0.105. The summed E-state index contributed by atoms with van der Waals surface area (Å²) in [7, 11) is 2.47. The lowest BCUT2D eigenvalue weighted by atomic mass is 9.76. The van der Waals surface area contributed by atoms with Gasteiger partial charge in [-0.05, 0) is 16.7 Å². The van der Waals surface area contributed by atoms with Crippen LogP contribution in [0, 0.1) is 5.53 Å². The number of carbonyl (C=O) groups excluding carboxylic acids is 3. The van der Waals surface area contributed by atoms with Crippen LogP contribution in [0.3, 0.4) is 0 Å². The van der Waals surface area contributed by atoms with Crippen LogP contribution >= 0.6 is 0 Å². The highest BCUT2D eigenvalue weighted by Crippen LogP contribution is 2.37. The lowest BCUT2D eigenvalue weighted by Crippen LogP contribution is -2.56. The zero-order chi connectivity index (χ0) is 26.1. The summed E-state index contributed by atoms with van der Waals surface area (Å²) in [6, 6.07) is 26.2. The van der Waals surface area contributed by atoms with Gasteiger partial charge in [-0.1, -0.05) is 91.0 Å². The second-order valence-electron chi connectivity index (χ2n) is 7.93. The number of carboxylic acids is 1. The number of hydroxylamine groups is 2. The fourth-order valence-electron chi connectivity index (χ4n) is 4.06. The molecule has 0 aliphatic carbocycles. The van der Waals surface area contributed by atoms with E-state index in [0.717, 1.165) is 21.8 Å². The maximum atomic E-state index is 13.5. The first-order valence-electron chi connectivity index (χ1n) is 11.1. The predicted octanol–water partition coefficient (Wildman–Crippen LogP) is 1.35. The van der Waals surface area contributed by atoms with Gasteiger partial charge in [-0.3, -0.25) is 19.7 Å². The molecular weight excluding hydrogens is 460 g/mol. The average Bonchev–Trinajstić information content (AvgIpc) is 2.92. The van der Waals surface area contributed by atoms with Gasteiger partial charge in [-0.2, -0.15) is 0 Å². The van der Waals surface area contributed by atoms with Crippen molar-refractivity contribution in [1.82, 2.24) is 10.4 Å². The molecule has 184 valence electrons. The van der Waals surface area contributed by atoms with Gasteiger partial charge in [0.25, 0.3) is 5.78 Å². The van der Waals surface area contributed by atoms with E-state index in [1.54, 1.807) is 0 Å². The Kier molecular flexibility index (Phi) is 8.59. The van der Waals surface area contributed by atoms with E-state index in [2.05, 4.69) is 10.1 Å². The van der Waals surface area contributed by atoms with Crippen LogP contribution in [0.15, 0.2) is 91.0 Å². The third-order valence-electron chi connectivity index (χ3n) is 5.81. The van der Waals surface area contributed by atoms with Crippen molar-refractivity contribution in [2.75, 3.05) is 14.2 Å². The van der Waals surface area contributed by atoms with E-state index in [1.807, 2.05) is 91.0 Å². The number of carboxylic acid groups (broad SMARTS) is 1. The highest BCUT2D eigenvalue weighted by Gasteiger charge is 2.45. The summed E-state index contributed by atoms with van der Waals surface area (Å²) in [5.74, 6) is -3.47. The number of ketones is 1. The Morgan fingerprint density at radius 2 is 1.33 bits per heavy atom. The number of nitrogens with one attached hydrogen (secondary N) is 2. The Morgan fingerprint density at radius 1 is 0.917 bits per heavy atom. The van der Waals surface area contributed by atoms with E-state index in [4.69, 9.17) is 10.4 Å². The van der Waals surface area contributed by atoms with Crippen LogP contribution in [0.25, 0.3) is 0 Å². The molecule has 2 N–H and O–H groups in total. The van der Waals surface area contributed by atoms with Gasteiger partial charge < -0.3 is 9.90 Å². The molecule has 9 heteroatoms. The lowest BCUT2D eigenvalue weighted by molar-refractivity contribution is -0.306. The molecule has 0 aromatic heterocycles. The van der Waals surface area contributed by atoms with Crippen LogP contribution in [-0.4, -0.2) is 53.4 Å². The Hall–Kier alpha value is -4.43. The van der Waals surface area contributed by atoms with Crippen molar-refractivity contribution < 1.29 is 29.1 Å². The minimum Gasteiger partial charge on any atom is -0.550 e. The molecule has 0 saturated carbocycles. The van der Waals surface area contributed by atoms with Gasteiger partial charge in [0.15, 0.2) is 0 Å². The Morgan fingerprint density at radius 3 is 1.67 bits per heavy atom. The van der Waals surface area contributed by atoms with Gasteiger partial charge >= 0.3 is 11.6 Å². The van der Waals surface area contributed by atoms with Crippen LogP contribution < -0.4 is 10.4 Å². The molecule has 3 aromatic carbocycles. The van der Waals surface area contributed by atoms with Crippen LogP contribution in [0.2, 0.25) is 0 Å². The molecule has 1 amide bonds. The van der Waals surface area contributed by atoms with E-state index in [1.165, 1.54) is 14.2 Å². The SMILES string of the molecule is CON(C)C(=O)C(=[N+]=N)C(=O)C(CC(=O)[O-])NC(c1ccccc1)(c1ccccc1)c1ccccc1. The van der Waals surface area contributed by atoms with Gasteiger partial charge in [-0.25, -0.2) is 5.06 Å². The normalized spacial score (nSPS) is 11.7. The smallest absolute Gasteiger partial charge is 0.474 e. The van der Waals surface area contributed by atoms with E-state index >= 15 is 0 Å². The first-order valence-corrected chi connectivity index (χ1v) is 11.1. The van der Waals surface area contributed by atoms with Crippen molar-refractivity contribution in [3.63, 3.8) is 0 Å².